The minimum Gasteiger partial charge on any atom is -0.389 e. The Kier molecular flexibility index (Phi) is 6.20. The van der Waals surface area contributed by atoms with Gasteiger partial charge >= 0.3 is 0 Å². The smallest absolute Gasteiger partial charge is 0.229 e. The molecule has 4 heterocycles. The van der Waals surface area contributed by atoms with Crippen LogP contribution in [0.2, 0.25) is 5.02 Å². The molecule has 2 aliphatic heterocycles. The van der Waals surface area contributed by atoms with Crippen molar-refractivity contribution in [3.05, 3.63) is 65.1 Å². The lowest BCUT2D eigenvalue weighted by Crippen LogP contribution is -2.56. The first kappa shape index (κ1) is 23.8. The van der Waals surface area contributed by atoms with Crippen LogP contribution in [0.25, 0.3) is 10.8 Å². The van der Waals surface area contributed by atoms with Crippen LogP contribution in [0.3, 0.4) is 0 Å². The van der Waals surface area contributed by atoms with Crippen LogP contribution < -0.4 is 5.32 Å². The van der Waals surface area contributed by atoms with Gasteiger partial charge in [-0.3, -0.25) is 14.7 Å². The second-order valence-corrected chi connectivity index (χ2v) is 11.1. The van der Waals surface area contributed by atoms with E-state index in [1.165, 1.54) is 0 Å². The summed E-state index contributed by atoms with van der Waals surface area (Å²) < 4.78 is 5.54. The quantitative estimate of drug-likeness (QED) is 0.535. The van der Waals surface area contributed by atoms with Gasteiger partial charge in [0.05, 0.1) is 24.9 Å². The van der Waals surface area contributed by atoms with Gasteiger partial charge in [0, 0.05) is 34.9 Å². The molecule has 0 bridgehead atoms. The maximum absolute atomic E-state index is 12.8. The van der Waals surface area contributed by atoms with Gasteiger partial charge in [0.1, 0.15) is 5.82 Å². The molecule has 0 unspecified atom stereocenters. The maximum Gasteiger partial charge on any atom is 0.229 e. The van der Waals surface area contributed by atoms with Crippen molar-refractivity contribution in [2.75, 3.05) is 31.6 Å². The molecular weight excluding hydrogens is 476 g/mol. The fourth-order valence-electron chi connectivity index (χ4n) is 5.90. The van der Waals surface area contributed by atoms with Crippen molar-refractivity contribution in [1.29, 1.82) is 0 Å². The lowest BCUT2D eigenvalue weighted by atomic mass is 9.85. The molecule has 3 fully saturated rings. The molecule has 1 aromatic carbocycles. The first-order valence-corrected chi connectivity index (χ1v) is 13.1. The van der Waals surface area contributed by atoms with E-state index in [9.17, 15) is 9.90 Å². The van der Waals surface area contributed by atoms with E-state index in [4.69, 9.17) is 16.3 Å². The number of aliphatic hydroxyl groups is 1. The van der Waals surface area contributed by atoms with Crippen molar-refractivity contribution in [2.24, 2.45) is 5.92 Å². The lowest BCUT2D eigenvalue weighted by molar-refractivity contribution is -0.117. The number of rotatable bonds is 5. The molecule has 1 amide bonds. The number of carbonyl (C=O) groups excluding carboxylic acids is 1. The van der Waals surface area contributed by atoms with Crippen LogP contribution >= 0.6 is 11.6 Å². The summed E-state index contributed by atoms with van der Waals surface area (Å²) in [5.74, 6) is 1.15. The number of aromatic nitrogens is 2. The van der Waals surface area contributed by atoms with E-state index >= 15 is 0 Å². The summed E-state index contributed by atoms with van der Waals surface area (Å²) in [4.78, 5) is 23.7. The number of fused-ring (bicyclic) bond motifs is 1. The molecule has 2 aromatic heterocycles. The molecule has 4 atom stereocenters. The van der Waals surface area contributed by atoms with Gasteiger partial charge in [-0.05, 0) is 98.0 Å². The number of anilines is 1. The van der Waals surface area contributed by atoms with Crippen LogP contribution in [-0.4, -0.2) is 63.8 Å². The van der Waals surface area contributed by atoms with Crippen molar-refractivity contribution in [2.45, 2.75) is 49.7 Å². The van der Waals surface area contributed by atoms with Gasteiger partial charge in [-0.2, -0.15) is 0 Å². The highest BCUT2D eigenvalue weighted by molar-refractivity contribution is 6.32. The summed E-state index contributed by atoms with van der Waals surface area (Å²) in [5.41, 5.74) is 1.99. The number of benzene rings is 1. The number of hydrogen-bond acceptors (Lipinski definition) is 6. The first-order valence-electron chi connectivity index (χ1n) is 12.7. The summed E-state index contributed by atoms with van der Waals surface area (Å²) in [5, 5.41) is 16.2. The number of halogens is 1. The zero-order valence-electron chi connectivity index (χ0n) is 20.4. The summed E-state index contributed by atoms with van der Waals surface area (Å²) >= 11 is 6.72. The molecule has 2 saturated heterocycles. The lowest BCUT2D eigenvalue weighted by Gasteiger charge is -2.43. The van der Waals surface area contributed by atoms with Crippen LogP contribution in [0.4, 0.5) is 5.82 Å². The number of hydrogen-bond donors (Lipinski definition) is 2. The van der Waals surface area contributed by atoms with Crippen LogP contribution in [0, 0.1) is 5.92 Å². The van der Waals surface area contributed by atoms with Gasteiger partial charge in [0.25, 0.3) is 0 Å². The second kappa shape index (κ2) is 9.38. The molecule has 1 saturated carbocycles. The van der Waals surface area contributed by atoms with Crippen molar-refractivity contribution in [3.8, 4) is 0 Å². The monoisotopic (exact) mass is 506 g/mol. The largest absolute Gasteiger partial charge is 0.389 e. The molecule has 8 heteroatoms. The van der Waals surface area contributed by atoms with Crippen LogP contribution in [-0.2, 0) is 9.53 Å². The Morgan fingerprint density at radius 2 is 1.97 bits per heavy atom. The van der Waals surface area contributed by atoms with E-state index < -0.39 is 6.10 Å². The number of likely N-dealkylation sites (tertiary alicyclic amines) is 1. The predicted molar refractivity (Wildman–Crippen MR) is 139 cm³/mol. The van der Waals surface area contributed by atoms with Gasteiger partial charge < -0.3 is 15.2 Å². The molecule has 6 rings (SSSR count). The highest BCUT2D eigenvalue weighted by atomic mass is 35.5. The summed E-state index contributed by atoms with van der Waals surface area (Å²) in [6, 6.07) is 10.0. The first-order chi connectivity index (χ1) is 17.4. The molecule has 3 aromatic rings. The Bertz CT molecular complexity index is 1280. The fraction of sp³-hybridized carbons (Fsp3) is 0.464. The number of nitrogens with one attached hydrogen (secondary N) is 1. The number of nitrogens with zero attached hydrogens (tertiary/aromatic N) is 3. The second-order valence-electron chi connectivity index (χ2n) is 10.7. The van der Waals surface area contributed by atoms with E-state index in [0.29, 0.717) is 24.9 Å². The number of pyridine rings is 2. The molecule has 36 heavy (non-hydrogen) atoms. The minimum absolute atomic E-state index is 0.0109. The van der Waals surface area contributed by atoms with Crippen LogP contribution in [0.15, 0.2) is 48.9 Å². The Labute approximate surface area is 215 Å². The van der Waals surface area contributed by atoms with E-state index in [2.05, 4.69) is 33.2 Å². The van der Waals surface area contributed by atoms with E-state index in [1.807, 2.05) is 24.3 Å². The third-order valence-corrected chi connectivity index (χ3v) is 8.72. The molecule has 188 valence electrons. The van der Waals surface area contributed by atoms with Gasteiger partial charge in [-0.1, -0.05) is 11.6 Å². The van der Waals surface area contributed by atoms with E-state index in [1.54, 1.807) is 18.6 Å². The predicted octanol–water partition coefficient (Wildman–Crippen LogP) is 4.35. The molecule has 7 nitrogen and oxygen atoms in total. The normalized spacial score (nSPS) is 28.9. The fourth-order valence-corrected chi connectivity index (χ4v) is 6.23. The third-order valence-electron chi connectivity index (χ3n) is 8.40. The van der Waals surface area contributed by atoms with Crippen molar-refractivity contribution >= 4 is 34.1 Å². The van der Waals surface area contributed by atoms with Crippen molar-refractivity contribution < 1.29 is 14.6 Å². The topological polar surface area (TPSA) is 87.6 Å². The zero-order valence-corrected chi connectivity index (χ0v) is 21.1. The molecule has 0 radical (unpaired) electrons. The average molecular weight is 507 g/mol. The van der Waals surface area contributed by atoms with Gasteiger partial charge in [-0.15, -0.1) is 0 Å². The maximum atomic E-state index is 12.8. The molecule has 0 spiro atoms. The highest BCUT2D eigenvalue weighted by Gasteiger charge is 2.45. The summed E-state index contributed by atoms with van der Waals surface area (Å²) in [6.45, 7) is 4.87. The number of ether oxygens (including phenoxy) is 1. The standard InChI is InChI=1S/C28H31ClN4O3/c1-28(16-36-15-25(28)34)33-8-4-18(5-9-33)22-10-19-12-26(31-14-20(19)11-24(22)29)32-27(35)23-13-21(23)17-2-6-30-7-3-17/h2-3,6-7,10-12,14,18,21,23,25,34H,4-5,8-9,13,15-16H2,1H3,(H,31,32,35)/t21-,23+,25+,28-/m1/s1. The number of piperidine rings is 1. The minimum atomic E-state index is -0.449. The Morgan fingerprint density at radius 3 is 2.69 bits per heavy atom. The number of carbonyl (C=O) groups is 1. The summed E-state index contributed by atoms with van der Waals surface area (Å²) in [7, 11) is 0. The van der Waals surface area contributed by atoms with Crippen LogP contribution in [0.5, 0.6) is 0 Å². The average Bonchev–Trinajstić information content (AvgIpc) is 3.63. The third kappa shape index (κ3) is 4.39. The van der Waals surface area contributed by atoms with Crippen molar-refractivity contribution in [3.63, 3.8) is 0 Å². The van der Waals surface area contributed by atoms with Crippen LogP contribution in [0.1, 0.15) is 49.1 Å². The molecular formula is C28H31ClN4O3. The van der Waals surface area contributed by atoms with E-state index in [0.717, 1.165) is 59.3 Å². The molecule has 2 N–H and O–H groups in total. The van der Waals surface area contributed by atoms with Crippen molar-refractivity contribution in [1.82, 2.24) is 14.9 Å². The Balaban J connectivity index is 1.15. The van der Waals surface area contributed by atoms with Gasteiger partial charge in [-0.25, -0.2) is 4.98 Å². The van der Waals surface area contributed by atoms with Gasteiger partial charge in [0.15, 0.2) is 0 Å². The summed E-state index contributed by atoms with van der Waals surface area (Å²) in [6.07, 6.45) is 7.67. The number of aliphatic hydroxyl groups excluding tert-OH is 1. The van der Waals surface area contributed by atoms with Gasteiger partial charge in [0.2, 0.25) is 5.91 Å². The van der Waals surface area contributed by atoms with E-state index in [-0.39, 0.29) is 23.3 Å². The Hall–Kier alpha value is -2.58. The zero-order chi connectivity index (χ0) is 24.9. The molecule has 3 aliphatic rings. The molecule has 1 aliphatic carbocycles. The highest BCUT2D eigenvalue weighted by Crippen LogP contribution is 2.48. The number of amides is 1. The Morgan fingerprint density at radius 1 is 1.19 bits per heavy atom. The SMILES string of the molecule is C[C@@]1(N2CCC(c3cc4cc(NC(=O)[C@H]5C[C@@H]5c5ccncc5)ncc4cc3Cl)CC2)COC[C@@H]1O.